The molecular weight excluding hydrogens is 528 g/mol. The van der Waals surface area contributed by atoms with Crippen LogP contribution in [0.1, 0.15) is 48.5 Å². The van der Waals surface area contributed by atoms with Gasteiger partial charge in [0.1, 0.15) is 11.9 Å². The van der Waals surface area contributed by atoms with Crippen LogP contribution in [0, 0.1) is 5.41 Å². The van der Waals surface area contributed by atoms with Crippen LogP contribution in [0.25, 0.3) is 0 Å². The van der Waals surface area contributed by atoms with Crippen molar-refractivity contribution in [2.75, 3.05) is 46.5 Å². The number of piperidine rings is 1. The molecule has 0 saturated carbocycles. The van der Waals surface area contributed by atoms with Gasteiger partial charge in [-0.25, -0.2) is 9.59 Å². The molecule has 0 aromatic heterocycles. The predicted octanol–water partition coefficient (Wildman–Crippen LogP) is 4.03. The van der Waals surface area contributed by atoms with Gasteiger partial charge in [0.2, 0.25) is 12.5 Å². The summed E-state index contributed by atoms with van der Waals surface area (Å²) in [7, 11) is 4.59. The molecule has 1 spiro atoms. The molecule has 10 heteroatoms. The van der Waals surface area contributed by atoms with Gasteiger partial charge in [0.15, 0.2) is 11.5 Å². The van der Waals surface area contributed by atoms with Gasteiger partial charge in [-0.3, -0.25) is 4.90 Å². The van der Waals surface area contributed by atoms with Crippen molar-refractivity contribution in [2.24, 2.45) is 5.41 Å². The molecule has 0 radical (unpaired) electrons. The third-order valence-corrected chi connectivity index (χ3v) is 9.90. The Morgan fingerprint density at radius 2 is 1.90 bits per heavy atom. The molecule has 4 heterocycles. The maximum Gasteiger partial charge on any atom is 0.338 e. The highest BCUT2D eigenvalue weighted by atomic mass is 16.7. The van der Waals surface area contributed by atoms with Gasteiger partial charge >= 0.3 is 11.9 Å². The third kappa shape index (κ3) is 3.52. The average Bonchev–Trinajstić information content (AvgIpc) is 3.72. The van der Waals surface area contributed by atoms with Crippen LogP contribution in [0.15, 0.2) is 41.6 Å². The van der Waals surface area contributed by atoms with Gasteiger partial charge in [0.05, 0.1) is 37.9 Å². The zero-order valence-electron chi connectivity index (χ0n) is 23.7. The highest BCUT2D eigenvalue weighted by molar-refractivity contribution is 5.94. The first-order valence-electron chi connectivity index (χ1n) is 14.1. The van der Waals surface area contributed by atoms with Crippen LogP contribution in [0.4, 0.5) is 5.69 Å². The summed E-state index contributed by atoms with van der Waals surface area (Å²) in [5.74, 6) is 1.26. The fourth-order valence-corrected chi connectivity index (χ4v) is 8.22. The second-order valence-corrected chi connectivity index (χ2v) is 11.5. The molecule has 216 valence electrons. The summed E-state index contributed by atoms with van der Waals surface area (Å²) in [6.45, 7) is 3.88. The van der Waals surface area contributed by atoms with Gasteiger partial charge in [0, 0.05) is 28.9 Å². The molecule has 4 unspecified atom stereocenters. The minimum Gasteiger partial charge on any atom is -0.497 e. The van der Waals surface area contributed by atoms with Gasteiger partial charge in [-0.2, -0.15) is 0 Å². The van der Waals surface area contributed by atoms with E-state index in [0.29, 0.717) is 34.8 Å². The van der Waals surface area contributed by atoms with Gasteiger partial charge in [0.25, 0.3) is 0 Å². The minimum absolute atomic E-state index is 0.0309. The smallest absolute Gasteiger partial charge is 0.338 e. The van der Waals surface area contributed by atoms with E-state index in [1.165, 1.54) is 14.2 Å². The van der Waals surface area contributed by atoms with E-state index in [9.17, 15) is 9.59 Å². The number of benzene rings is 2. The summed E-state index contributed by atoms with van der Waals surface area (Å²) in [4.78, 5) is 29.6. The first-order valence-corrected chi connectivity index (χ1v) is 14.1. The van der Waals surface area contributed by atoms with Crippen LogP contribution in [0.3, 0.4) is 0 Å². The average molecular weight is 563 g/mol. The van der Waals surface area contributed by atoms with E-state index in [-0.39, 0.29) is 18.8 Å². The summed E-state index contributed by atoms with van der Waals surface area (Å²) in [6.07, 6.45) is 2.54. The van der Waals surface area contributed by atoms with E-state index in [0.717, 1.165) is 55.0 Å². The second-order valence-electron chi connectivity index (χ2n) is 11.5. The number of anilines is 1. The van der Waals surface area contributed by atoms with Gasteiger partial charge in [-0.1, -0.05) is 6.07 Å². The highest BCUT2D eigenvalue weighted by Crippen LogP contribution is 2.66. The van der Waals surface area contributed by atoms with E-state index >= 15 is 0 Å². The molecule has 10 nitrogen and oxygen atoms in total. The van der Waals surface area contributed by atoms with Crippen molar-refractivity contribution >= 4 is 17.6 Å². The van der Waals surface area contributed by atoms with E-state index in [4.69, 9.17) is 28.4 Å². The summed E-state index contributed by atoms with van der Waals surface area (Å²) in [5.41, 5.74) is 2.98. The molecule has 7 rings (SSSR count). The van der Waals surface area contributed by atoms with Gasteiger partial charge in [-0.15, -0.1) is 0 Å². The van der Waals surface area contributed by atoms with E-state index in [1.54, 1.807) is 19.2 Å². The topological polar surface area (TPSA) is 105 Å². The molecule has 2 aromatic rings. The predicted molar refractivity (Wildman–Crippen MR) is 148 cm³/mol. The lowest BCUT2D eigenvalue weighted by Crippen LogP contribution is -2.64. The molecule has 4 aliphatic heterocycles. The molecule has 4 atom stereocenters. The molecule has 41 heavy (non-hydrogen) atoms. The summed E-state index contributed by atoms with van der Waals surface area (Å²) >= 11 is 0. The Balaban J connectivity index is 1.32. The largest absolute Gasteiger partial charge is 0.497 e. The lowest BCUT2D eigenvalue weighted by molar-refractivity contribution is -0.138. The number of nitrogens with zero attached hydrogens (tertiary/aromatic N) is 1. The van der Waals surface area contributed by atoms with E-state index in [2.05, 4.69) is 16.3 Å². The molecule has 0 bridgehead atoms. The van der Waals surface area contributed by atoms with Crippen molar-refractivity contribution in [3.63, 3.8) is 0 Å². The number of methoxy groups -OCH3 is 3. The first-order chi connectivity index (χ1) is 19.9. The van der Waals surface area contributed by atoms with E-state index < -0.39 is 22.9 Å². The fourth-order valence-electron chi connectivity index (χ4n) is 8.22. The normalized spacial score (nSPS) is 27.8. The Morgan fingerprint density at radius 3 is 2.68 bits per heavy atom. The number of fused-ring (bicyclic) bond motifs is 2. The lowest BCUT2D eigenvalue weighted by Gasteiger charge is -2.57. The SMILES string of the molecule is COC(=O)C1=C2Nc3cc(OC)ccc3C23CCN2CCCC(C(C)OC(=O)c4cc(OC)c5c(c4)OCO5)(C1)C23. The standard InChI is InChI=1S/C31H34N2O8/c1-17(41-27(34)18-12-23(37-3)25-24(13-18)39-16-40-25)30-8-5-10-33-11-9-31(29(30)33)21-7-6-19(36-2)14-22(21)32-26(31)20(15-30)28(35)38-4/h6-7,12-14,17,29,32H,5,8-11,15-16H2,1-4H3. The third-order valence-electron chi connectivity index (χ3n) is 9.90. The number of ether oxygens (including phenoxy) is 6. The molecule has 2 fully saturated rings. The number of nitrogens with one attached hydrogen (secondary N) is 1. The fraction of sp³-hybridized carbons (Fsp3) is 0.484. The second kappa shape index (κ2) is 9.30. The Hall–Kier alpha value is -3.92. The molecule has 1 N–H and O–H groups in total. The Kier molecular flexibility index (Phi) is 5.90. The Morgan fingerprint density at radius 1 is 1.05 bits per heavy atom. The summed E-state index contributed by atoms with van der Waals surface area (Å²) in [5, 5.41) is 3.61. The first kappa shape index (κ1) is 26.0. The quantitative estimate of drug-likeness (QED) is 0.519. The van der Waals surface area contributed by atoms with Crippen LogP contribution < -0.4 is 24.3 Å². The monoisotopic (exact) mass is 562 g/mol. The summed E-state index contributed by atoms with van der Waals surface area (Å²) in [6, 6.07) is 9.37. The van der Waals surface area contributed by atoms with Gasteiger partial charge in [-0.05, 0) is 69.5 Å². The zero-order valence-corrected chi connectivity index (χ0v) is 23.7. The van der Waals surface area contributed by atoms with Crippen molar-refractivity contribution in [1.82, 2.24) is 4.90 Å². The molecule has 1 aliphatic carbocycles. The Labute approximate surface area is 238 Å². The number of esters is 2. The van der Waals surface area contributed by atoms with Crippen LogP contribution in [-0.4, -0.2) is 70.2 Å². The molecule has 5 aliphatic rings. The van der Waals surface area contributed by atoms with Crippen molar-refractivity contribution in [2.45, 2.75) is 50.2 Å². The van der Waals surface area contributed by atoms with E-state index in [1.807, 2.05) is 19.1 Å². The van der Waals surface area contributed by atoms with Crippen molar-refractivity contribution in [3.8, 4) is 23.0 Å². The van der Waals surface area contributed by atoms with Crippen LogP contribution in [-0.2, 0) is 19.7 Å². The minimum atomic E-state index is -0.513. The maximum atomic E-state index is 13.7. The zero-order chi connectivity index (χ0) is 28.5. The number of hydrogen-bond donors (Lipinski definition) is 1. The molecule has 0 amide bonds. The Bertz CT molecular complexity index is 1490. The van der Waals surface area contributed by atoms with Crippen molar-refractivity contribution < 1.29 is 38.0 Å². The van der Waals surface area contributed by atoms with Crippen molar-refractivity contribution in [1.29, 1.82) is 0 Å². The summed E-state index contributed by atoms with van der Waals surface area (Å²) < 4.78 is 33.7. The maximum absolute atomic E-state index is 13.7. The van der Waals surface area contributed by atoms with Gasteiger partial charge < -0.3 is 33.7 Å². The highest BCUT2D eigenvalue weighted by Gasteiger charge is 2.68. The lowest BCUT2D eigenvalue weighted by atomic mass is 9.53. The van der Waals surface area contributed by atoms with Crippen LogP contribution in [0.5, 0.6) is 23.0 Å². The number of hydrogen-bond acceptors (Lipinski definition) is 10. The molecule has 2 aromatic carbocycles. The number of carbonyl (C=O) groups is 2. The van der Waals surface area contributed by atoms with Crippen molar-refractivity contribution in [3.05, 3.63) is 52.7 Å². The number of carbonyl (C=O) groups excluding carboxylic acids is 2. The van der Waals surface area contributed by atoms with Crippen LogP contribution >= 0.6 is 0 Å². The molecular formula is C31H34N2O8. The molecule has 2 saturated heterocycles. The number of rotatable bonds is 6. The van der Waals surface area contributed by atoms with Crippen LogP contribution in [0.2, 0.25) is 0 Å².